The Morgan fingerprint density at radius 3 is 2.26 bits per heavy atom. The first-order valence-electron chi connectivity index (χ1n) is 10.6. The van der Waals surface area contributed by atoms with Gasteiger partial charge in [-0.2, -0.15) is 5.26 Å². The summed E-state index contributed by atoms with van der Waals surface area (Å²) in [4.78, 5) is 4.73. The maximum atomic E-state index is 9.72. The molecule has 0 aliphatic carbocycles. The molecule has 2 nitrogen and oxygen atoms in total. The average molecular weight is 421 g/mol. The summed E-state index contributed by atoms with van der Waals surface area (Å²) in [7, 11) is 0. The first-order chi connectivity index (χ1) is 15.3. The molecule has 1 aromatic heterocycles. The molecule has 31 heavy (non-hydrogen) atoms. The number of nitriles is 1. The Morgan fingerprint density at radius 2 is 1.58 bits per heavy atom. The van der Waals surface area contributed by atoms with E-state index in [1.807, 2.05) is 41.8 Å². The van der Waals surface area contributed by atoms with E-state index >= 15 is 0 Å². The summed E-state index contributed by atoms with van der Waals surface area (Å²) >= 11 is 1.51. The van der Waals surface area contributed by atoms with Crippen molar-refractivity contribution >= 4 is 23.0 Å². The summed E-state index contributed by atoms with van der Waals surface area (Å²) in [6.07, 6.45) is 5.44. The van der Waals surface area contributed by atoms with Gasteiger partial charge in [-0.05, 0) is 41.2 Å². The molecule has 152 valence electrons. The summed E-state index contributed by atoms with van der Waals surface area (Å²) in [6, 6.07) is 29.5. The molecule has 3 aromatic carbocycles. The van der Waals surface area contributed by atoms with Crippen LogP contribution in [0.25, 0.3) is 34.0 Å². The predicted octanol–water partition coefficient (Wildman–Crippen LogP) is 7.88. The van der Waals surface area contributed by atoms with Gasteiger partial charge in [0.1, 0.15) is 11.1 Å². The molecule has 4 rings (SSSR count). The Balaban J connectivity index is 1.53. The van der Waals surface area contributed by atoms with E-state index in [4.69, 9.17) is 4.98 Å². The molecular weight excluding hydrogens is 396 g/mol. The van der Waals surface area contributed by atoms with Crippen LogP contribution in [0.4, 0.5) is 0 Å². The van der Waals surface area contributed by atoms with E-state index in [0.29, 0.717) is 5.57 Å². The number of rotatable bonds is 7. The number of unbranched alkanes of at least 4 members (excludes halogenated alkanes) is 1. The van der Waals surface area contributed by atoms with Crippen molar-refractivity contribution in [2.45, 2.75) is 26.2 Å². The van der Waals surface area contributed by atoms with E-state index in [2.05, 4.69) is 61.5 Å². The van der Waals surface area contributed by atoms with Crippen LogP contribution in [0.5, 0.6) is 0 Å². The molecule has 0 atom stereocenters. The fourth-order valence-electron chi connectivity index (χ4n) is 3.46. The van der Waals surface area contributed by atoms with Crippen molar-refractivity contribution < 1.29 is 0 Å². The molecule has 4 aromatic rings. The number of aryl methyl sites for hydroxylation is 1. The lowest BCUT2D eigenvalue weighted by Crippen LogP contribution is -1.86. The third-order valence-electron chi connectivity index (χ3n) is 5.25. The molecule has 0 unspecified atom stereocenters. The van der Waals surface area contributed by atoms with Crippen LogP contribution in [0.1, 0.15) is 35.9 Å². The van der Waals surface area contributed by atoms with Gasteiger partial charge in [0.25, 0.3) is 0 Å². The van der Waals surface area contributed by atoms with Crippen LogP contribution in [-0.2, 0) is 6.42 Å². The van der Waals surface area contributed by atoms with Gasteiger partial charge in [0.05, 0.1) is 11.3 Å². The molecular formula is C28H24N2S. The Morgan fingerprint density at radius 1 is 0.903 bits per heavy atom. The van der Waals surface area contributed by atoms with Crippen LogP contribution in [-0.4, -0.2) is 4.98 Å². The summed E-state index contributed by atoms with van der Waals surface area (Å²) in [5.41, 5.74) is 7.29. The second-order valence-electron chi connectivity index (χ2n) is 7.50. The lowest BCUT2D eigenvalue weighted by atomic mass is 10.0. The number of hydrogen-bond acceptors (Lipinski definition) is 3. The van der Waals surface area contributed by atoms with E-state index in [1.54, 1.807) is 0 Å². The van der Waals surface area contributed by atoms with Crippen molar-refractivity contribution in [1.82, 2.24) is 4.98 Å². The quantitative estimate of drug-likeness (QED) is 0.285. The third-order valence-corrected chi connectivity index (χ3v) is 6.13. The Labute approximate surface area is 188 Å². The minimum atomic E-state index is 0.586. The minimum Gasteiger partial charge on any atom is -0.235 e. The molecule has 3 heteroatoms. The Kier molecular flexibility index (Phi) is 6.72. The number of nitrogens with zero attached hydrogens (tertiary/aromatic N) is 2. The van der Waals surface area contributed by atoms with Crippen molar-refractivity contribution in [2.24, 2.45) is 0 Å². The van der Waals surface area contributed by atoms with Gasteiger partial charge >= 0.3 is 0 Å². The molecule has 0 saturated heterocycles. The van der Waals surface area contributed by atoms with Gasteiger partial charge in [0, 0.05) is 10.9 Å². The summed E-state index contributed by atoms with van der Waals surface area (Å²) < 4.78 is 0. The average Bonchev–Trinajstić information content (AvgIpc) is 3.32. The molecule has 1 heterocycles. The third kappa shape index (κ3) is 5.17. The zero-order chi connectivity index (χ0) is 21.5. The molecule has 0 spiro atoms. The molecule has 0 radical (unpaired) electrons. The lowest BCUT2D eigenvalue weighted by Gasteiger charge is -2.02. The molecule has 0 aliphatic rings. The zero-order valence-electron chi connectivity index (χ0n) is 17.6. The van der Waals surface area contributed by atoms with Crippen molar-refractivity contribution in [3.63, 3.8) is 0 Å². The number of hydrogen-bond donors (Lipinski definition) is 0. The maximum Gasteiger partial charge on any atom is 0.134 e. The van der Waals surface area contributed by atoms with E-state index in [1.165, 1.54) is 35.3 Å². The molecule has 0 aliphatic heterocycles. The van der Waals surface area contributed by atoms with Crippen molar-refractivity contribution in [1.29, 1.82) is 5.26 Å². The normalized spacial score (nSPS) is 11.3. The van der Waals surface area contributed by atoms with E-state index in [0.717, 1.165) is 33.8 Å². The van der Waals surface area contributed by atoms with E-state index in [-0.39, 0.29) is 0 Å². The lowest BCUT2D eigenvalue weighted by molar-refractivity contribution is 0.795. The largest absolute Gasteiger partial charge is 0.235 e. The van der Waals surface area contributed by atoms with Gasteiger partial charge in [0.2, 0.25) is 0 Å². The van der Waals surface area contributed by atoms with Crippen LogP contribution < -0.4 is 0 Å². The van der Waals surface area contributed by atoms with Gasteiger partial charge in [-0.15, -0.1) is 11.3 Å². The highest BCUT2D eigenvalue weighted by Crippen LogP contribution is 2.28. The highest BCUT2D eigenvalue weighted by molar-refractivity contribution is 7.11. The van der Waals surface area contributed by atoms with Gasteiger partial charge in [-0.25, -0.2) is 4.98 Å². The van der Waals surface area contributed by atoms with Gasteiger partial charge in [0.15, 0.2) is 0 Å². The SMILES string of the molecule is CCCCc1ccc(-c2csc(/C(C#N)=C/c3ccc(-c4ccccc4)cc3)n2)cc1. The summed E-state index contributed by atoms with van der Waals surface area (Å²) in [5, 5.41) is 12.5. The standard InChI is InChI=1S/C28H24N2S/c1-2-3-7-21-10-16-25(17-11-21)27-20-31-28(30-27)26(19-29)18-22-12-14-24(15-13-22)23-8-5-4-6-9-23/h4-6,8-18,20H,2-3,7H2,1H3/b26-18+. The first kappa shape index (κ1) is 20.8. The second kappa shape index (κ2) is 10.0. The molecule has 0 amide bonds. The van der Waals surface area contributed by atoms with Gasteiger partial charge in [-0.3, -0.25) is 0 Å². The first-order valence-corrected chi connectivity index (χ1v) is 11.5. The number of benzene rings is 3. The molecule has 0 bridgehead atoms. The Bertz CT molecular complexity index is 1190. The van der Waals surface area contributed by atoms with Crippen LogP contribution in [0.15, 0.2) is 84.2 Å². The van der Waals surface area contributed by atoms with Crippen LogP contribution >= 0.6 is 11.3 Å². The number of aromatic nitrogens is 1. The van der Waals surface area contributed by atoms with Crippen molar-refractivity contribution in [3.05, 3.63) is 100 Å². The highest BCUT2D eigenvalue weighted by Gasteiger charge is 2.09. The van der Waals surface area contributed by atoms with E-state index < -0.39 is 0 Å². The highest BCUT2D eigenvalue weighted by atomic mass is 32.1. The predicted molar refractivity (Wildman–Crippen MR) is 132 cm³/mol. The number of allylic oxidation sites excluding steroid dienone is 1. The fourth-order valence-corrected chi connectivity index (χ4v) is 4.26. The molecule has 0 saturated carbocycles. The fraction of sp³-hybridized carbons (Fsp3) is 0.143. The van der Waals surface area contributed by atoms with Crippen LogP contribution in [0.3, 0.4) is 0 Å². The van der Waals surface area contributed by atoms with Crippen molar-refractivity contribution in [2.75, 3.05) is 0 Å². The monoisotopic (exact) mass is 420 g/mol. The van der Waals surface area contributed by atoms with Crippen molar-refractivity contribution in [3.8, 4) is 28.5 Å². The van der Waals surface area contributed by atoms with Crippen LogP contribution in [0.2, 0.25) is 0 Å². The molecule has 0 fully saturated rings. The topological polar surface area (TPSA) is 36.7 Å². The minimum absolute atomic E-state index is 0.586. The maximum absolute atomic E-state index is 9.72. The summed E-state index contributed by atoms with van der Waals surface area (Å²) in [5.74, 6) is 0. The van der Waals surface area contributed by atoms with Gasteiger partial charge < -0.3 is 0 Å². The Hall–Kier alpha value is -3.48. The smallest absolute Gasteiger partial charge is 0.134 e. The second-order valence-corrected chi connectivity index (χ2v) is 8.35. The molecule has 0 N–H and O–H groups in total. The number of thiazole rings is 1. The van der Waals surface area contributed by atoms with E-state index in [9.17, 15) is 5.26 Å². The summed E-state index contributed by atoms with van der Waals surface area (Å²) in [6.45, 7) is 2.21. The van der Waals surface area contributed by atoms with Crippen LogP contribution in [0, 0.1) is 11.3 Å². The van der Waals surface area contributed by atoms with Gasteiger partial charge in [-0.1, -0.05) is 92.2 Å². The zero-order valence-corrected chi connectivity index (χ0v) is 18.4.